The van der Waals surface area contributed by atoms with Crippen LogP contribution >= 0.6 is 0 Å². The van der Waals surface area contributed by atoms with Crippen molar-refractivity contribution < 1.29 is 31.5 Å². The second-order valence-electron chi connectivity index (χ2n) is 4.58. The van der Waals surface area contributed by atoms with E-state index in [0.717, 1.165) is 0 Å². The molecule has 0 aromatic rings. The lowest BCUT2D eigenvalue weighted by Gasteiger charge is -2.18. The van der Waals surface area contributed by atoms with Gasteiger partial charge in [-0.05, 0) is 6.42 Å². The molecule has 19 heavy (non-hydrogen) atoms. The Hall–Kier alpha value is -0.830. The van der Waals surface area contributed by atoms with Gasteiger partial charge in [0.1, 0.15) is 0 Å². The van der Waals surface area contributed by atoms with Crippen molar-refractivity contribution in [2.75, 3.05) is 18.8 Å². The largest absolute Gasteiger partial charge is 0.481 e. The van der Waals surface area contributed by atoms with Gasteiger partial charge in [0, 0.05) is 13.1 Å². The monoisotopic (exact) mass is 303 g/mol. The van der Waals surface area contributed by atoms with Crippen LogP contribution in [-0.2, 0) is 14.8 Å². The highest BCUT2D eigenvalue weighted by Crippen LogP contribution is 2.38. The molecule has 0 saturated carbocycles. The molecular formula is C10H16F3NO4S. The van der Waals surface area contributed by atoms with Crippen molar-refractivity contribution in [1.82, 2.24) is 4.31 Å². The fourth-order valence-electron chi connectivity index (χ4n) is 2.03. The number of unbranched alkanes of at least 4 members (excludes halogenated alkanes) is 1. The number of sulfonamides is 1. The van der Waals surface area contributed by atoms with Gasteiger partial charge in [0.15, 0.2) is 0 Å². The first-order valence-electron chi connectivity index (χ1n) is 5.87. The molecule has 0 amide bonds. The molecule has 2 atom stereocenters. The first-order valence-corrected chi connectivity index (χ1v) is 7.48. The second kappa shape index (κ2) is 5.66. The number of nitrogens with zero attached hydrogens (tertiary/aromatic N) is 1. The van der Waals surface area contributed by atoms with Crippen molar-refractivity contribution in [3.8, 4) is 0 Å². The predicted molar refractivity (Wildman–Crippen MR) is 60.9 cm³/mol. The average Bonchev–Trinajstić information content (AvgIpc) is 2.71. The molecule has 0 unspecified atom stereocenters. The Kier molecular flexibility index (Phi) is 4.83. The lowest BCUT2D eigenvalue weighted by Crippen LogP contribution is -2.34. The molecule has 1 saturated heterocycles. The van der Waals surface area contributed by atoms with E-state index in [-0.39, 0.29) is 5.75 Å². The highest BCUT2D eigenvalue weighted by molar-refractivity contribution is 7.89. The first kappa shape index (κ1) is 16.2. The van der Waals surface area contributed by atoms with Crippen LogP contribution in [0.15, 0.2) is 0 Å². The molecule has 5 nitrogen and oxygen atoms in total. The summed E-state index contributed by atoms with van der Waals surface area (Å²) in [6, 6.07) is 0. The molecule has 0 spiro atoms. The second-order valence-corrected chi connectivity index (χ2v) is 6.67. The van der Waals surface area contributed by atoms with Gasteiger partial charge in [-0.1, -0.05) is 13.3 Å². The summed E-state index contributed by atoms with van der Waals surface area (Å²) in [5, 5.41) is 8.79. The highest BCUT2D eigenvalue weighted by Gasteiger charge is 2.54. The molecular weight excluding hydrogens is 287 g/mol. The van der Waals surface area contributed by atoms with Gasteiger partial charge in [-0.3, -0.25) is 4.79 Å². The number of carboxylic acids is 1. The summed E-state index contributed by atoms with van der Waals surface area (Å²) in [7, 11) is -3.81. The maximum absolute atomic E-state index is 12.7. The van der Waals surface area contributed by atoms with Gasteiger partial charge >= 0.3 is 12.1 Å². The maximum atomic E-state index is 12.7. The molecule has 0 aromatic carbocycles. The number of rotatable bonds is 5. The van der Waals surface area contributed by atoms with Crippen molar-refractivity contribution in [3.63, 3.8) is 0 Å². The quantitative estimate of drug-likeness (QED) is 0.831. The SMILES string of the molecule is CCCCS(=O)(=O)N1C[C@@H](C(F)(F)F)[C@H](C(=O)O)C1. The Morgan fingerprint density at radius 2 is 1.95 bits per heavy atom. The van der Waals surface area contributed by atoms with Crippen LogP contribution in [0.1, 0.15) is 19.8 Å². The number of halogens is 3. The van der Waals surface area contributed by atoms with Gasteiger partial charge in [-0.25, -0.2) is 12.7 Å². The first-order chi connectivity index (χ1) is 8.59. The summed E-state index contributed by atoms with van der Waals surface area (Å²) in [5.74, 6) is -5.73. The number of hydrogen-bond acceptors (Lipinski definition) is 3. The summed E-state index contributed by atoms with van der Waals surface area (Å²) < 4.78 is 62.3. The fraction of sp³-hybridized carbons (Fsp3) is 0.900. The van der Waals surface area contributed by atoms with Gasteiger partial charge < -0.3 is 5.11 Å². The maximum Gasteiger partial charge on any atom is 0.393 e. The van der Waals surface area contributed by atoms with Crippen molar-refractivity contribution >= 4 is 16.0 Å². The molecule has 0 bridgehead atoms. The van der Waals surface area contributed by atoms with Gasteiger partial charge in [-0.2, -0.15) is 13.2 Å². The van der Waals surface area contributed by atoms with Crippen LogP contribution in [0.3, 0.4) is 0 Å². The zero-order valence-electron chi connectivity index (χ0n) is 10.4. The van der Waals surface area contributed by atoms with E-state index in [4.69, 9.17) is 5.11 Å². The van der Waals surface area contributed by atoms with E-state index >= 15 is 0 Å². The van der Waals surface area contributed by atoms with Gasteiger partial charge in [0.25, 0.3) is 0 Å². The normalized spacial score (nSPS) is 25.7. The zero-order valence-corrected chi connectivity index (χ0v) is 11.2. The van der Waals surface area contributed by atoms with Gasteiger partial charge in [0.2, 0.25) is 10.0 Å². The van der Waals surface area contributed by atoms with E-state index in [1.807, 2.05) is 0 Å². The molecule has 0 radical (unpaired) electrons. The fourth-order valence-corrected chi connectivity index (χ4v) is 3.72. The molecule has 112 valence electrons. The molecule has 1 N–H and O–H groups in total. The summed E-state index contributed by atoms with van der Waals surface area (Å²) in [6.07, 6.45) is -3.77. The van der Waals surface area contributed by atoms with Crippen molar-refractivity contribution in [1.29, 1.82) is 0 Å². The lowest BCUT2D eigenvalue weighted by atomic mass is 9.96. The van der Waals surface area contributed by atoms with Crippen LogP contribution in [-0.4, -0.2) is 48.8 Å². The minimum Gasteiger partial charge on any atom is -0.481 e. The number of carboxylic acid groups (broad SMARTS) is 1. The molecule has 1 heterocycles. The van der Waals surface area contributed by atoms with Gasteiger partial charge in [0.05, 0.1) is 17.6 Å². The van der Waals surface area contributed by atoms with E-state index in [9.17, 15) is 26.4 Å². The lowest BCUT2D eigenvalue weighted by molar-refractivity contribution is -0.187. The average molecular weight is 303 g/mol. The third-order valence-corrected chi connectivity index (χ3v) is 5.06. The van der Waals surface area contributed by atoms with E-state index in [0.29, 0.717) is 17.1 Å². The Bertz CT molecular complexity index is 435. The topological polar surface area (TPSA) is 74.7 Å². The molecule has 1 aliphatic heterocycles. The summed E-state index contributed by atoms with van der Waals surface area (Å²) in [4.78, 5) is 10.8. The Balaban J connectivity index is 2.90. The van der Waals surface area contributed by atoms with Crippen LogP contribution in [0.2, 0.25) is 0 Å². The van der Waals surface area contributed by atoms with Crippen molar-refractivity contribution in [2.24, 2.45) is 11.8 Å². The predicted octanol–water partition coefficient (Wildman–Crippen LogP) is 1.31. The zero-order chi connectivity index (χ0) is 14.8. The van der Waals surface area contributed by atoms with E-state index < -0.39 is 47.1 Å². The molecule has 0 aromatic heterocycles. The summed E-state index contributed by atoms with van der Waals surface area (Å²) in [6.45, 7) is 0.357. The van der Waals surface area contributed by atoms with Crippen molar-refractivity contribution in [3.05, 3.63) is 0 Å². The van der Waals surface area contributed by atoms with Crippen LogP contribution in [0.4, 0.5) is 13.2 Å². The Labute approximate surface area is 109 Å². The molecule has 1 aliphatic rings. The smallest absolute Gasteiger partial charge is 0.393 e. The van der Waals surface area contributed by atoms with Gasteiger partial charge in [-0.15, -0.1) is 0 Å². The van der Waals surface area contributed by atoms with E-state index in [2.05, 4.69) is 0 Å². The Morgan fingerprint density at radius 1 is 1.37 bits per heavy atom. The minimum atomic E-state index is -4.71. The number of hydrogen-bond donors (Lipinski definition) is 1. The van der Waals surface area contributed by atoms with Crippen LogP contribution in [0.5, 0.6) is 0 Å². The minimum absolute atomic E-state index is 0.250. The van der Waals surface area contributed by atoms with Crippen LogP contribution in [0.25, 0.3) is 0 Å². The molecule has 1 fully saturated rings. The summed E-state index contributed by atoms with van der Waals surface area (Å²) >= 11 is 0. The number of alkyl halides is 3. The third kappa shape index (κ3) is 3.82. The van der Waals surface area contributed by atoms with Crippen LogP contribution in [0, 0.1) is 11.8 Å². The third-order valence-electron chi connectivity index (χ3n) is 3.17. The molecule has 9 heteroatoms. The highest BCUT2D eigenvalue weighted by atomic mass is 32.2. The van der Waals surface area contributed by atoms with E-state index in [1.165, 1.54) is 0 Å². The number of carbonyl (C=O) groups is 1. The molecule has 0 aliphatic carbocycles. The van der Waals surface area contributed by atoms with Crippen molar-refractivity contribution in [2.45, 2.75) is 25.9 Å². The standard InChI is InChI=1S/C10H16F3NO4S/c1-2-3-4-19(17,18)14-5-7(9(15)16)8(6-14)10(11,12)13/h7-8H,2-6H2,1H3,(H,15,16)/t7-,8-/m1/s1. The summed E-state index contributed by atoms with van der Waals surface area (Å²) in [5.41, 5.74) is 0. The number of aliphatic carboxylic acids is 1. The molecule has 1 rings (SSSR count). The Morgan fingerprint density at radius 3 is 2.32 bits per heavy atom. The van der Waals surface area contributed by atoms with Crippen LogP contribution < -0.4 is 0 Å². The van der Waals surface area contributed by atoms with E-state index in [1.54, 1.807) is 6.92 Å².